The van der Waals surface area contributed by atoms with Crippen molar-refractivity contribution in [1.29, 1.82) is 0 Å². The first-order chi connectivity index (χ1) is 17.1. The molecule has 0 saturated heterocycles. The number of fused-ring (bicyclic) bond motifs is 1. The Kier molecular flexibility index (Phi) is 5.93. The van der Waals surface area contributed by atoms with Crippen LogP contribution in [0.1, 0.15) is 18.5 Å². The van der Waals surface area contributed by atoms with Crippen LogP contribution in [0.15, 0.2) is 90.1 Å². The van der Waals surface area contributed by atoms with Crippen LogP contribution in [0.5, 0.6) is 11.5 Å². The molecule has 1 atom stereocenters. The van der Waals surface area contributed by atoms with Gasteiger partial charge in [-0.25, -0.2) is 4.68 Å². The third-order valence-electron chi connectivity index (χ3n) is 5.85. The number of amides is 1. The lowest BCUT2D eigenvalue weighted by molar-refractivity contribution is -0.113. The summed E-state index contributed by atoms with van der Waals surface area (Å²) in [5.41, 5.74) is 3.66. The van der Waals surface area contributed by atoms with Crippen molar-refractivity contribution in [2.24, 2.45) is 0 Å². The molecule has 35 heavy (non-hydrogen) atoms. The van der Waals surface area contributed by atoms with Crippen LogP contribution in [0, 0.1) is 0 Å². The van der Waals surface area contributed by atoms with Crippen LogP contribution in [-0.2, 0) is 4.79 Å². The quantitative estimate of drug-likeness (QED) is 0.420. The van der Waals surface area contributed by atoms with Crippen LogP contribution in [-0.4, -0.2) is 34.9 Å². The molecule has 8 nitrogen and oxygen atoms in total. The molecule has 1 aliphatic heterocycles. The topological polar surface area (TPSA) is 90.3 Å². The summed E-state index contributed by atoms with van der Waals surface area (Å²) in [6.45, 7) is 1.88. The molecule has 176 valence electrons. The minimum absolute atomic E-state index is 0.208. The molecule has 0 radical (unpaired) electrons. The second-order valence-corrected chi connectivity index (χ2v) is 8.10. The van der Waals surface area contributed by atoms with Gasteiger partial charge >= 0.3 is 0 Å². The number of para-hydroxylation sites is 1. The second-order valence-electron chi connectivity index (χ2n) is 8.10. The van der Waals surface area contributed by atoms with Gasteiger partial charge < -0.3 is 20.1 Å². The molecule has 0 spiro atoms. The highest BCUT2D eigenvalue weighted by molar-refractivity contribution is 6.06. The maximum Gasteiger partial charge on any atom is 0.255 e. The minimum atomic E-state index is -0.468. The van der Waals surface area contributed by atoms with Crippen molar-refractivity contribution >= 4 is 17.5 Å². The molecule has 1 aromatic heterocycles. The SMILES string of the molecule is COc1cc(OC)cc(-c2nc3n(n2)C(c2ccccc2)C(C(=O)Nc2ccccc2)=C(C)N3)c1. The van der Waals surface area contributed by atoms with Crippen LogP contribution < -0.4 is 20.1 Å². The van der Waals surface area contributed by atoms with Gasteiger partial charge in [-0.1, -0.05) is 48.5 Å². The maximum atomic E-state index is 13.5. The Hall–Kier alpha value is -4.59. The summed E-state index contributed by atoms with van der Waals surface area (Å²) in [4.78, 5) is 18.3. The van der Waals surface area contributed by atoms with Crippen LogP contribution in [0.4, 0.5) is 11.6 Å². The summed E-state index contributed by atoms with van der Waals surface area (Å²) in [6, 6.07) is 24.2. The predicted octanol–water partition coefficient (Wildman–Crippen LogP) is 4.89. The minimum Gasteiger partial charge on any atom is -0.497 e. The molecule has 2 heterocycles. The van der Waals surface area contributed by atoms with Crippen molar-refractivity contribution in [2.45, 2.75) is 13.0 Å². The van der Waals surface area contributed by atoms with Crippen LogP contribution in [0.25, 0.3) is 11.4 Å². The Morgan fingerprint density at radius 1 is 0.943 bits per heavy atom. The van der Waals surface area contributed by atoms with Crippen LogP contribution in [0.2, 0.25) is 0 Å². The fourth-order valence-electron chi connectivity index (χ4n) is 4.17. The largest absolute Gasteiger partial charge is 0.497 e. The first kappa shape index (κ1) is 22.2. The smallest absolute Gasteiger partial charge is 0.255 e. The number of nitrogens with zero attached hydrogens (tertiary/aromatic N) is 3. The number of ether oxygens (including phenoxy) is 2. The molecule has 3 aromatic carbocycles. The zero-order valence-electron chi connectivity index (χ0n) is 19.6. The van der Waals surface area contributed by atoms with Crippen LogP contribution in [0.3, 0.4) is 0 Å². The van der Waals surface area contributed by atoms with Gasteiger partial charge in [0.15, 0.2) is 5.82 Å². The lowest BCUT2D eigenvalue weighted by Crippen LogP contribution is -2.31. The Morgan fingerprint density at radius 2 is 1.57 bits per heavy atom. The average molecular weight is 468 g/mol. The van der Waals surface area contributed by atoms with E-state index >= 15 is 0 Å². The van der Waals surface area contributed by atoms with E-state index in [0.717, 1.165) is 16.8 Å². The number of anilines is 2. The molecule has 0 bridgehead atoms. The lowest BCUT2D eigenvalue weighted by atomic mass is 9.95. The summed E-state index contributed by atoms with van der Waals surface area (Å²) in [6.07, 6.45) is 0. The van der Waals surface area contributed by atoms with Gasteiger partial charge in [-0.2, -0.15) is 4.98 Å². The van der Waals surface area contributed by atoms with Crippen molar-refractivity contribution in [2.75, 3.05) is 24.9 Å². The number of allylic oxidation sites excluding steroid dienone is 1. The van der Waals surface area contributed by atoms with E-state index in [1.54, 1.807) is 25.0 Å². The Labute approximate surface area is 203 Å². The fourth-order valence-corrected chi connectivity index (χ4v) is 4.17. The molecule has 0 fully saturated rings. The maximum absolute atomic E-state index is 13.5. The van der Waals surface area contributed by atoms with E-state index < -0.39 is 6.04 Å². The zero-order valence-corrected chi connectivity index (χ0v) is 19.6. The Morgan fingerprint density at radius 3 is 2.20 bits per heavy atom. The van der Waals surface area contributed by atoms with Gasteiger partial charge in [0.25, 0.3) is 5.91 Å². The lowest BCUT2D eigenvalue weighted by Gasteiger charge is -2.28. The highest BCUT2D eigenvalue weighted by Gasteiger charge is 2.34. The van der Waals surface area contributed by atoms with Gasteiger partial charge in [0, 0.05) is 23.0 Å². The second kappa shape index (κ2) is 9.34. The van der Waals surface area contributed by atoms with E-state index in [0.29, 0.717) is 34.5 Å². The summed E-state index contributed by atoms with van der Waals surface area (Å²) in [7, 11) is 3.20. The molecular formula is C27H25N5O3. The number of methoxy groups -OCH3 is 2. The Bertz CT molecular complexity index is 1370. The van der Waals surface area contributed by atoms with E-state index in [2.05, 4.69) is 10.6 Å². The van der Waals surface area contributed by atoms with Crippen molar-refractivity contribution in [3.05, 3.63) is 95.7 Å². The Balaban J connectivity index is 1.60. The number of hydrogen-bond acceptors (Lipinski definition) is 6. The van der Waals surface area contributed by atoms with Gasteiger partial charge in [-0.3, -0.25) is 4.79 Å². The first-order valence-corrected chi connectivity index (χ1v) is 11.2. The standard InChI is InChI=1S/C27H25N5O3/c1-17-23(26(33)29-20-12-8-5-9-13-20)24(18-10-6-4-7-11-18)32-27(28-17)30-25(31-32)19-14-21(34-2)16-22(15-19)35-3/h4-16,24H,1-3H3,(H,29,33)(H,28,30,31). The number of nitrogens with one attached hydrogen (secondary N) is 2. The summed E-state index contributed by atoms with van der Waals surface area (Å²) in [5, 5.41) is 11.1. The van der Waals surface area contributed by atoms with Crippen molar-refractivity contribution in [1.82, 2.24) is 14.8 Å². The van der Waals surface area contributed by atoms with E-state index in [1.807, 2.05) is 79.7 Å². The third-order valence-corrected chi connectivity index (χ3v) is 5.85. The first-order valence-electron chi connectivity index (χ1n) is 11.2. The molecule has 2 N–H and O–H groups in total. The number of hydrogen-bond donors (Lipinski definition) is 2. The van der Waals surface area contributed by atoms with Gasteiger partial charge in [0.1, 0.15) is 17.5 Å². The monoisotopic (exact) mass is 467 g/mol. The number of carbonyl (C=O) groups excluding carboxylic acids is 1. The van der Waals surface area contributed by atoms with Gasteiger partial charge in [-0.05, 0) is 36.8 Å². The predicted molar refractivity (Wildman–Crippen MR) is 135 cm³/mol. The molecule has 1 unspecified atom stereocenters. The fraction of sp³-hybridized carbons (Fsp3) is 0.148. The summed E-state index contributed by atoms with van der Waals surface area (Å²) >= 11 is 0. The molecule has 0 saturated carbocycles. The highest BCUT2D eigenvalue weighted by Crippen LogP contribution is 2.37. The third kappa shape index (κ3) is 4.33. The van der Waals surface area contributed by atoms with E-state index in [1.165, 1.54) is 0 Å². The molecule has 1 aliphatic rings. The van der Waals surface area contributed by atoms with Gasteiger partial charge in [0.2, 0.25) is 5.95 Å². The molecule has 0 aliphatic carbocycles. The number of aromatic nitrogens is 3. The summed E-state index contributed by atoms with van der Waals surface area (Å²) in [5.74, 6) is 2.10. The zero-order chi connectivity index (χ0) is 24.4. The average Bonchev–Trinajstić information content (AvgIpc) is 3.32. The van der Waals surface area contributed by atoms with Crippen molar-refractivity contribution in [3.63, 3.8) is 0 Å². The van der Waals surface area contributed by atoms with E-state index in [9.17, 15) is 4.79 Å². The highest BCUT2D eigenvalue weighted by atomic mass is 16.5. The molecule has 1 amide bonds. The van der Waals surface area contributed by atoms with Crippen molar-refractivity contribution in [3.8, 4) is 22.9 Å². The molecular weight excluding hydrogens is 442 g/mol. The van der Waals surface area contributed by atoms with Crippen LogP contribution >= 0.6 is 0 Å². The molecule has 4 aromatic rings. The number of benzene rings is 3. The molecule has 5 rings (SSSR count). The normalized spacial score (nSPS) is 14.7. The van der Waals surface area contributed by atoms with Crippen molar-refractivity contribution < 1.29 is 14.3 Å². The van der Waals surface area contributed by atoms with E-state index in [-0.39, 0.29) is 5.91 Å². The number of carbonyl (C=O) groups is 1. The number of rotatable bonds is 6. The van der Waals surface area contributed by atoms with E-state index in [4.69, 9.17) is 19.6 Å². The van der Waals surface area contributed by atoms with Gasteiger partial charge in [-0.15, -0.1) is 5.10 Å². The molecule has 8 heteroatoms. The van der Waals surface area contributed by atoms with Gasteiger partial charge in [0.05, 0.1) is 19.8 Å². The summed E-state index contributed by atoms with van der Waals surface area (Å²) < 4.78 is 12.6.